The van der Waals surface area contributed by atoms with Crippen molar-refractivity contribution in [3.8, 4) is 5.75 Å². The van der Waals surface area contributed by atoms with Crippen LogP contribution in [-0.4, -0.2) is 45.0 Å². The molecule has 1 unspecified atom stereocenters. The lowest BCUT2D eigenvalue weighted by Gasteiger charge is -2.29. The molecule has 3 N–H and O–H groups in total. The fourth-order valence-electron chi connectivity index (χ4n) is 3.00. The third kappa shape index (κ3) is 5.35. The van der Waals surface area contributed by atoms with Crippen molar-refractivity contribution in [3.63, 3.8) is 0 Å². The Kier molecular flexibility index (Phi) is 6.42. The number of aryl methyl sites for hydroxylation is 1. The van der Waals surface area contributed by atoms with E-state index in [0.717, 1.165) is 6.92 Å². The van der Waals surface area contributed by atoms with Gasteiger partial charge in [0.1, 0.15) is 11.8 Å². The van der Waals surface area contributed by atoms with Crippen LogP contribution in [0.4, 0.5) is 13.2 Å². The van der Waals surface area contributed by atoms with Gasteiger partial charge >= 0.3 is 14.0 Å². The fraction of sp³-hybridized carbons (Fsp3) is 0.412. The Hall–Kier alpha value is -1.80. The van der Waals surface area contributed by atoms with Crippen molar-refractivity contribution < 1.29 is 32.0 Å². The molecule has 1 aromatic carbocycles. The van der Waals surface area contributed by atoms with Gasteiger partial charge in [-0.25, -0.2) is 4.57 Å². The summed E-state index contributed by atoms with van der Waals surface area (Å²) in [6.45, 7) is 6.50. The van der Waals surface area contributed by atoms with E-state index in [9.17, 15) is 17.7 Å². The molecule has 6 nitrogen and oxygen atoms in total. The predicted molar refractivity (Wildman–Crippen MR) is 96.7 cm³/mol. The first kappa shape index (κ1) is 21.5. The van der Waals surface area contributed by atoms with E-state index in [-0.39, 0.29) is 25.3 Å². The molecular formula is C17H22F3N2O4P. The number of nitrogens with zero attached hydrogens (tertiary/aromatic N) is 1. The summed E-state index contributed by atoms with van der Waals surface area (Å²) in [5, 5.41) is 0.455. The molecule has 0 fully saturated rings. The number of aromatic nitrogens is 1. The molecule has 2 aromatic rings. The highest BCUT2D eigenvalue weighted by atomic mass is 31.2. The molecule has 0 aliphatic rings. The third-order valence-corrected chi connectivity index (χ3v) is 4.79. The van der Waals surface area contributed by atoms with E-state index in [4.69, 9.17) is 14.3 Å². The van der Waals surface area contributed by atoms with Crippen LogP contribution in [0.25, 0.3) is 10.9 Å². The monoisotopic (exact) mass is 406 g/mol. The van der Waals surface area contributed by atoms with Crippen molar-refractivity contribution in [3.05, 3.63) is 42.1 Å². The van der Waals surface area contributed by atoms with Crippen LogP contribution in [0.2, 0.25) is 0 Å². The number of halogens is 3. The van der Waals surface area contributed by atoms with Crippen LogP contribution in [0.5, 0.6) is 5.75 Å². The van der Waals surface area contributed by atoms with E-state index in [1.165, 1.54) is 17.0 Å². The van der Waals surface area contributed by atoms with Crippen molar-refractivity contribution in [2.45, 2.75) is 32.5 Å². The summed E-state index contributed by atoms with van der Waals surface area (Å²) in [6.07, 6.45) is -2.72. The number of phosphoric acid groups is 1. The fourth-order valence-corrected chi connectivity index (χ4v) is 3.41. The van der Waals surface area contributed by atoms with E-state index in [0.29, 0.717) is 22.2 Å². The molecule has 150 valence electrons. The molecule has 0 aliphatic carbocycles. The lowest BCUT2D eigenvalue weighted by molar-refractivity contribution is -0.177. The van der Waals surface area contributed by atoms with Gasteiger partial charge in [-0.1, -0.05) is 12.1 Å². The van der Waals surface area contributed by atoms with E-state index in [1.807, 2.05) is 0 Å². The molecule has 1 atom stereocenters. The minimum atomic E-state index is -4.78. The van der Waals surface area contributed by atoms with Crippen molar-refractivity contribution >= 4 is 18.7 Å². The van der Waals surface area contributed by atoms with E-state index in [1.54, 1.807) is 19.1 Å². The van der Waals surface area contributed by atoms with Crippen LogP contribution in [0.3, 0.4) is 0 Å². The maximum atomic E-state index is 13.1. The predicted octanol–water partition coefficient (Wildman–Crippen LogP) is 3.93. The number of benzene rings is 1. The van der Waals surface area contributed by atoms with Crippen LogP contribution in [-0.2, 0) is 11.0 Å². The Morgan fingerprint density at radius 2 is 2.07 bits per heavy atom. The van der Waals surface area contributed by atoms with Crippen LogP contribution in [0.1, 0.15) is 18.2 Å². The lowest BCUT2D eigenvalue weighted by atomic mass is 10.1. The van der Waals surface area contributed by atoms with Gasteiger partial charge in [-0.05, 0) is 38.0 Å². The normalized spacial score (nSPS) is 13.9. The van der Waals surface area contributed by atoms with Gasteiger partial charge in [-0.15, -0.1) is 6.58 Å². The lowest BCUT2D eigenvalue weighted by Crippen LogP contribution is -2.44. The highest BCUT2D eigenvalue weighted by molar-refractivity contribution is 7.46. The van der Waals surface area contributed by atoms with Gasteiger partial charge in [0, 0.05) is 29.7 Å². The van der Waals surface area contributed by atoms with Crippen molar-refractivity contribution in [1.82, 2.24) is 9.88 Å². The molecule has 0 saturated heterocycles. The van der Waals surface area contributed by atoms with Crippen LogP contribution >= 0.6 is 7.82 Å². The maximum Gasteiger partial charge on any atom is 0.524 e. The summed E-state index contributed by atoms with van der Waals surface area (Å²) in [5.41, 5.74) is 1.94. The summed E-state index contributed by atoms with van der Waals surface area (Å²) in [6, 6.07) is 3.05. The first-order valence-corrected chi connectivity index (χ1v) is 9.74. The number of nitrogens with one attached hydrogen (secondary N) is 1. The number of H-pyrrole nitrogens is 1. The second-order valence-corrected chi connectivity index (χ2v) is 7.40. The molecule has 0 aliphatic heterocycles. The number of fused-ring (bicyclic) bond motifs is 1. The zero-order chi connectivity index (χ0) is 20.4. The summed E-state index contributed by atoms with van der Waals surface area (Å²) < 4.78 is 55.2. The zero-order valence-electron chi connectivity index (χ0n) is 15.0. The second-order valence-electron chi connectivity index (χ2n) is 6.24. The van der Waals surface area contributed by atoms with Crippen LogP contribution in [0.15, 0.2) is 30.9 Å². The Labute approximate surface area is 154 Å². The average Bonchev–Trinajstić information content (AvgIpc) is 2.85. The minimum Gasteiger partial charge on any atom is -0.404 e. The van der Waals surface area contributed by atoms with E-state index < -0.39 is 20.0 Å². The molecule has 0 radical (unpaired) electrons. The standard InChI is InChI=1S/C17H22F3N2O4P/c1-4-9-22(12(3)17(18,19)20)10-8-13-11(2)21-14-6-5-7-15(16(13)14)26-27(23,24)25/h4-7,12,21H,1,8-10H2,2-3H3,(H2,23,24,25). The minimum absolute atomic E-state index is 0.0145. The average molecular weight is 406 g/mol. The molecule has 2 rings (SSSR count). The molecule has 27 heavy (non-hydrogen) atoms. The smallest absolute Gasteiger partial charge is 0.404 e. The van der Waals surface area contributed by atoms with Crippen molar-refractivity contribution in [1.29, 1.82) is 0 Å². The molecule has 1 aromatic heterocycles. The summed E-state index contributed by atoms with van der Waals surface area (Å²) in [7, 11) is -4.78. The Morgan fingerprint density at radius 1 is 1.41 bits per heavy atom. The highest BCUT2D eigenvalue weighted by Gasteiger charge is 2.39. The van der Waals surface area contributed by atoms with Crippen molar-refractivity contribution in [2.24, 2.45) is 0 Å². The Morgan fingerprint density at radius 3 is 2.63 bits per heavy atom. The summed E-state index contributed by atoms with van der Waals surface area (Å²) in [5.74, 6) is -0.0145. The number of hydrogen-bond donors (Lipinski definition) is 3. The Bertz CT molecular complexity index is 860. The second kappa shape index (κ2) is 8.06. The molecule has 0 amide bonds. The third-order valence-electron chi connectivity index (χ3n) is 4.35. The SMILES string of the molecule is C=CCN(CCc1c(C)[nH]c2cccc(OP(=O)(O)O)c12)C(C)C(F)(F)F. The summed E-state index contributed by atoms with van der Waals surface area (Å²) in [4.78, 5) is 22.5. The number of rotatable bonds is 8. The molecule has 10 heteroatoms. The van der Waals surface area contributed by atoms with Crippen LogP contribution < -0.4 is 4.52 Å². The zero-order valence-corrected chi connectivity index (χ0v) is 15.8. The molecular weight excluding hydrogens is 384 g/mol. The first-order chi connectivity index (χ1) is 12.4. The van der Waals surface area contributed by atoms with Gasteiger partial charge in [0.05, 0.1) is 0 Å². The van der Waals surface area contributed by atoms with Gasteiger partial charge < -0.3 is 9.51 Å². The number of alkyl halides is 3. The van der Waals surface area contributed by atoms with Gasteiger partial charge in [0.25, 0.3) is 0 Å². The topological polar surface area (TPSA) is 85.8 Å². The Balaban J connectivity index is 2.36. The van der Waals surface area contributed by atoms with Gasteiger partial charge in [0.2, 0.25) is 0 Å². The first-order valence-electron chi connectivity index (χ1n) is 8.21. The quantitative estimate of drug-likeness (QED) is 0.457. The van der Waals surface area contributed by atoms with E-state index >= 15 is 0 Å². The maximum absolute atomic E-state index is 13.1. The summed E-state index contributed by atoms with van der Waals surface area (Å²) >= 11 is 0. The molecule has 1 heterocycles. The van der Waals surface area contributed by atoms with Gasteiger partial charge in [-0.3, -0.25) is 14.7 Å². The largest absolute Gasteiger partial charge is 0.524 e. The van der Waals surface area contributed by atoms with Gasteiger partial charge in [-0.2, -0.15) is 13.2 Å². The van der Waals surface area contributed by atoms with Crippen LogP contribution in [0, 0.1) is 6.92 Å². The van der Waals surface area contributed by atoms with Gasteiger partial charge in [0.15, 0.2) is 0 Å². The molecule has 0 bridgehead atoms. The number of phosphoric ester groups is 1. The molecule has 0 spiro atoms. The number of aromatic amines is 1. The number of hydrogen-bond acceptors (Lipinski definition) is 3. The van der Waals surface area contributed by atoms with Crippen molar-refractivity contribution in [2.75, 3.05) is 13.1 Å². The molecule has 0 saturated carbocycles. The van der Waals surface area contributed by atoms with E-state index in [2.05, 4.69) is 11.6 Å². The highest BCUT2D eigenvalue weighted by Crippen LogP contribution is 2.42.